The fourth-order valence-electron chi connectivity index (χ4n) is 2.57. The molecule has 1 aromatic carbocycles. The Morgan fingerprint density at radius 2 is 1.62 bits per heavy atom. The van der Waals surface area contributed by atoms with Crippen LogP contribution in [0.4, 0.5) is 0 Å². The minimum absolute atomic E-state index is 0.743. The van der Waals surface area contributed by atoms with Crippen LogP contribution in [0.25, 0.3) is 0 Å². The maximum atomic E-state index is 2.37. The van der Waals surface area contributed by atoms with E-state index in [0.717, 1.165) is 17.8 Å². The summed E-state index contributed by atoms with van der Waals surface area (Å²) in [6.07, 6.45) is 1.35. The molecule has 0 nitrogen and oxygen atoms in total. The first-order valence-corrected chi connectivity index (χ1v) is 5.29. The topological polar surface area (TPSA) is 0 Å². The third-order valence-corrected chi connectivity index (χ3v) is 3.60. The van der Waals surface area contributed by atoms with Crippen molar-refractivity contribution in [2.24, 2.45) is 5.92 Å². The number of rotatable bonds is 0. The third-order valence-electron chi connectivity index (χ3n) is 3.60. The number of fused-ring (bicyclic) bond motifs is 1. The highest BCUT2D eigenvalue weighted by atomic mass is 14.3. The van der Waals surface area contributed by atoms with Crippen LogP contribution < -0.4 is 0 Å². The molecule has 0 aromatic heterocycles. The minimum atomic E-state index is 0.743. The zero-order chi connectivity index (χ0) is 9.42. The molecule has 2 rings (SSSR count). The second-order valence-electron chi connectivity index (χ2n) is 4.53. The van der Waals surface area contributed by atoms with Crippen LogP contribution in [-0.4, -0.2) is 0 Å². The van der Waals surface area contributed by atoms with E-state index in [2.05, 4.69) is 45.0 Å². The maximum Gasteiger partial charge on any atom is -0.0162 e. The van der Waals surface area contributed by atoms with Gasteiger partial charge in [0, 0.05) is 0 Å². The van der Waals surface area contributed by atoms with Crippen LogP contribution in [0, 0.1) is 5.92 Å². The van der Waals surface area contributed by atoms with Gasteiger partial charge in [-0.25, -0.2) is 0 Å². The van der Waals surface area contributed by atoms with E-state index >= 15 is 0 Å². The lowest BCUT2D eigenvalue weighted by Crippen LogP contribution is -2.18. The Balaban J connectivity index is 2.47. The molecule has 0 amide bonds. The molecule has 3 atom stereocenters. The van der Waals surface area contributed by atoms with Crippen LogP contribution in [-0.2, 0) is 0 Å². The average molecular weight is 174 g/mol. The van der Waals surface area contributed by atoms with Crippen molar-refractivity contribution in [2.75, 3.05) is 0 Å². The van der Waals surface area contributed by atoms with Crippen LogP contribution in [0.5, 0.6) is 0 Å². The number of hydrogen-bond acceptors (Lipinski definition) is 0. The Hall–Kier alpha value is -0.780. The van der Waals surface area contributed by atoms with Crippen LogP contribution in [0.2, 0.25) is 0 Å². The first-order valence-electron chi connectivity index (χ1n) is 5.29. The van der Waals surface area contributed by atoms with Gasteiger partial charge in [0.25, 0.3) is 0 Å². The van der Waals surface area contributed by atoms with E-state index in [4.69, 9.17) is 0 Å². The van der Waals surface area contributed by atoms with Gasteiger partial charge in [-0.15, -0.1) is 0 Å². The quantitative estimate of drug-likeness (QED) is 0.559. The van der Waals surface area contributed by atoms with E-state index < -0.39 is 0 Å². The molecule has 1 aliphatic rings. The SMILES string of the molecule is CC1CC(C)C(C)c2ccccc21. The predicted octanol–water partition coefficient (Wildman–Crippen LogP) is 3.93. The highest BCUT2D eigenvalue weighted by Gasteiger charge is 2.26. The van der Waals surface area contributed by atoms with Crippen molar-refractivity contribution in [1.29, 1.82) is 0 Å². The monoisotopic (exact) mass is 174 g/mol. The molecule has 13 heavy (non-hydrogen) atoms. The summed E-state index contributed by atoms with van der Waals surface area (Å²) in [5, 5.41) is 0. The van der Waals surface area contributed by atoms with Gasteiger partial charge < -0.3 is 0 Å². The molecule has 0 heterocycles. The lowest BCUT2D eigenvalue weighted by molar-refractivity contribution is 0.389. The van der Waals surface area contributed by atoms with Gasteiger partial charge in [-0.3, -0.25) is 0 Å². The summed E-state index contributed by atoms with van der Waals surface area (Å²) in [6, 6.07) is 8.92. The van der Waals surface area contributed by atoms with E-state index in [1.165, 1.54) is 6.42 Å². The smallest absolute Gasteiger partial charge is 0.0162 e. The Kier molecular flexibility index (Phi) is 2.15. The standard InChI is InChI=1S/C13H18/c1-9-8-10(2)12-6-4-5-7-13(12)11(9)3/h4-7,9-11H,8H2,1-3H3. The van der Waals surface area contributed by atoms with E-state index in [0.29, 0.717) is 0 Å². The normalized spacial score (nSPS) is 32.7. The summed E-state index contributed by atoms with van der Waals surface area (Å²) in [7, 11) is 0. The van der Waals surface area contributed by atoms with E-state index in [1.807, 2.05) is 0 Å². The van der Waals surface area contributed by atoms with E-state index in [1.54, 1.807) is 11.1 Å². The summed E-state index contributed by atoms with van der Waals surface area (Å²) in [5.74, 6) is 2.33. The molecule has 0 fully saturated rings. The van der Waals surface area contributed by atoms with Crippen molar-refractivity contribution in [1.82, 2.24) is 0 Å². The molecule has 0 bridgehead atoms. The Morgan fingerprint density at radius 3 is 2.31 bits per heavy atom. The Morgan fingerprint density at radius 1 is 1.00 bits per heavy atom. The first-order chi connectivity index (χ1) is 6.20. The summed E-state index contributed by atoms with van der Waals surface area (Å²) < 4.78 is 0. The van der Waals surface area contributed by atoms with Crippen molar-refractivity contribution in [3.05, 3.63) is 35.4 Å². The summed E-state index contributed by atoms with van der Waals surface area (Å²) in [5.41, 5.74) is 3.15. The zero-order valence-corrected chi connectivity index (χ0v) is 8.75. The van der Waals surface area contributed by atoms with Gasteiger partial charge in [0.2, 0.25) is 0 Å². The fourth-order valence-corrected chi connectivity index (χ4v) is 2.57. The molecule has 0 heteroatoms. The van der Waals surface area contributed by atoms with Crippen molar-refractivity contribution in [3.8, 4) is 0 Å². The summed E-state index contributed by atoms with van der Waals surface area (Å²) in [4.78, 5) is 0. The lowest BCUT2D eigenvalue weighted by Gasteiger charge is -2.32. The van der Waals surface area contributed by atoms with E-state index in [9.17, 15) is 0 Å². The van der Waals surface area contributed by atoms with Gasteiger partial charge in [-0.05, 0) is 35.3 Å². The average Bonchev–Trinajstić information content (AvgIpc) is 2.15. The van der Waals surface area contributed by atoms with Crippen LogP contribution >= 0.6 is 0 Å². The van der Waals surface area contributed by atoms with Crippen molar-refractivity contribution >= 4 is 0 Å². The summed E-state index contributed by atoms with van der Waals surface area (Å²) >= 11 is 0. The van der Waals surface area contributed by atoms with Gasteiger partial charge >= 0.3 is 0 Å². The van der Waals surface area contributed by atoms with Crippen molar-refractivity contribution in [2.45, 2.75) is 39.0 Å². The fraction of sp³-hybridized carbons (Fsp3) is 0.538. The molecule has 1 aromatic rings. The van der Waals surface area contributed by atoms with Crippen LogP contribution in [0.3, 0.4) is 0 Å². The highest BCUT2D eigenvalue weighted by Crippen LogP contribution is 2.41. The van der Waals surface area contributed by atoms with Gasteiger partial charge in [0.1, 0.15) is 0 Å². The molecule has 70 valence electrons. The zero-order valence-electron chi connectivity index (χ0n) is 8.75. The van der Waals surface area contributed by atoms with Gasteiger partial charge in [-0.1, -0.05) is 45.0 Å². The highest BCUT2D eigenvalue weighted by molar-refractivity contribution is 5.35. The second kappa shape index (κ2) is 3.17. The first kappa shape index (κ1) is 8.80. The maximum absolute atomic E-state index is 2.37. The van der Waals surface area contributed by atoms with Crippen LogP contribution in [0.15, 0.2) is 24.3 Å². The molecule has 3 unspecified atom stereocenters. The van der Waals surface area contributed by atoms with Crippen molar-refractivity contribution < 1.29 is 0 Å². The third kappa shape index (κ3) is 1.39. The molecule has 0 saturated heterocycles. The van der Waals surface area contributed by atoms with Crippen molar-refractivity contribution in [3.63, 3.8) is 0 Å². The predicted molar refractivity (Wildman–Crippen MR) is 57.1 cm³/mol. The molecule has 0 saturated carbocycles. The molecule has 0 aliphatic heterocycles. The molecular weight excluding hydrogens is 156 g/mol. The molecular formula is C13H18. The number of hydrogen-bond donors (Lipinski definition) is 0. The molecule has 0 radical (unpaired) electrons. The Bertz CT molecular complexity index is 301. The molecule has 0 N–H and O–H groups in total. The van der Waals surface area contributed by atoms with Crippen LogP contribution in [0.1, 0.15) is 50.2 Å². The number of benzene rings is 1. The lowest BCUT2D eigenvalue weighted by atomic mass is 9.72. The minimum Gasteiger partial charge on any atom is -0.0620 e. The second-order valence-corrected chi connectivity index (χ2v) is 4.53. The largest absolute Gasteiger partial charge is 0.0620 e. The summed E-state index contributed by atoms with van der Waals surface area (Å²) in [6.45, 7) is 7.08. The van der Waals surface area contributed by atoms with E-state index in [-0.39, 0.29) is 0 Å². The van der Waals surface area contributed by atoms with Gasteiger partial charge in [0.05, 0.1) is 0 Å². The Labute approximate surface area is 81.0 Å². The van der Waals surface area contributed by atoms with Gasteiger partial charge in [0.15, 0.2) is 0 Å². The molecule has 1 aliphatic carbocycles. The van der Waals surface area contributed by atoms with Gasteiger partial charge in [-0.2, -0.15) is 0 Å². The molecule has 0 spiro atoms.